The van der Waals surface area contributed by atoms with E-state index in [1.807, 2.05) is 11.3 Å². The van der Waals surface area contributed by atoms with E-state index in [0.717, 1.165) is 23.3 Å². The number of rotatable bonds is 2. The third-order valence-corrected chi connectivity index (χ3v) is 12.8. The van der Waals surface area contributed by atoms with E-state index in [1.54, 1.807) is 16.7 Å². The fourth-order valence-corrected chi connectivity index (χ4v) is 10.6. The maximum atomic E-state index is 5.40. The summed E-state index contributed by atoms with van der Waals surface area (Å²) in [5.41, 5.74) is 15.6. The van der Waals surface area contributed by atoms with E-state index in [0.29, 0.717) is 0 Å². The van der Waals surface area contributed by atoms with Gasteiger partial charge in [-0.2, -0.15) is 0 Å². The minimum Gasteiger partial charge on any atom is -0.231 e. The van der Waals surface area contributed by atoms with Crippen LogP contribution >= 0.6 is 11.3 Å². The van der Waals surface area contributed by atoms with Crippen molar-refractivity contribution in [3.8, 4) is 22.5 Å². The molecule has 224 valence electrons. The van der Waals surface area contributed by atoms with Crippen molar-refractivity contribution in [2.75, 3.05) is 0 Å². The van der Waals surface area contributed by atoms with Gasteiger partial charge in [-0.25, -0.2) is 9.97 Å². The Morgan fingerprint density at radius 2 is 1.48 bits per heavy atom. The number of allylic oxidation sites excluding steroid dienone is 4. The van der Waals surface area contributed by atoms with Crippen LogP contribution in [0.5, 0.6) is 0 Å². The molecule has 1 spiro atoms. The van der Waals surface area contributed by atoms with E-state index in [4.69, 9.17) is 9.97 Å². The van der Waals surface area contributed by atoms with Gasteiger partial charge in [0, 0.05) is 32.4 Å². The van der Waals surface area contributed by atoms with Crippen LogP contribution in [-0.2, 0) is 10.8 Å². The van der Waals surface area contributed by atoms with E-state index in [1.165, 1.54) is 80.4 Å². The summed E-state index contributed by atoms with van der Waals surface area (Å²) in [6, 6.07) is 33.6. The Kier molecular flexibility index (Phi) is 5.60. The largest absolute Gasteiger partial charge is 0.231 e. The summed E-state index contributed by atoms with van der Waals surface area (Å²) < 4.78 is 2.51. The minimum atomic E-state index is -0.00557. The summed E-state index contributed by atoms with van der Waals surface area (Å²) in [6.45, 7) is 4.83. The summed E-state index contributed by atoms with van der Waals surface area (Å²) in [4.78, 5) is 10.6. The molecule has 0 aliphatic heterocycles. The van der Waals surface area contributed by atoms with Gasteiger partial charge >= 0.3 is 0 Å². The molecule has 4 aliphatic rings. The first-order valence-electron chi connectivity index (χ1n) is 17.0. The molecule has 0 amide bonds. The van der Waals surface area contributed by atoms with Crippen LogP contribution in [0.2, 0.25) is 0 Å². The van der Waals surface area contributed by atoms with Gasteiger partial charge in [0.1, 0.15) is 0 Å². The predicted octanol–water partition coefficient (Wildman–Crippen LogP) is 11.5. The molecule has 2 heterocycles. The lowest BCUT2D eigenvalue weighted by atomic mass is 9.66. The van der Waals surface area contributed by atoms with Crippen LogP contribution in [0.15, 0.2) is 109 Å². The second kappa shape index (κ2) is 9.59. The normalized spacial score (nSPS) is 20.3. The van der Waals surface area contributed by atoms with Gasteiger partial charge in [-0.05, 0) is 82.0 Å². The molecule has 4 aromatic carbocycles. The summed E-state index contributed by atoms with van der Waals surface area (Å²) in [6.07, 6.45) is 12.5. The van der Waals surface area contributed by atoms with Gasteiger partial charge in [-0.15, -0.1) is 11.3 Å². The molecule has 2 nitrogen and oxygen atoms in total. The molecule has 46 heavy (non-hydrogen) atoms. The third-order valence-electron chi connectivity index (χ3n) is 11.7. The molecule has 10 rings (SSSR count). The van der Waals surface area contributed by atoms with Gasteiger partial charge in [-0.3, -0.25) is 0 Å². The molecule has 0 bridgehead atoms. The predicted molar refractivity (Wildman–Crippen MR) is 193 cm³/mol. The van der Waals surface area contributed by atoms with Crippen molar-refractivity contribution in [2.24, 2.45) is 0 Å². The fourth-order valence-electron chi connectivity index (χ4n) is 9.41. The smallest absolute Gasteiger partial charge is 0.160 e. The van der Waals surface area contributed by atoms with Gasteiger partial charge in [0.05, 0.1) is 15.9 Å². The second-order valence-electron chi connectivity index (χ2n) is 14.4. The fraction of sp³-hybridized carbons (Fsp3) is 0.256. The highest BCUT2D eigenvalue weighted by Gasteiger charge is 2.48. The number of benzene rings is 4. The zero-order valence-electron chi connectivity index (χ0n) is 26.4. The zero-order chi connectivity index (χ0) is 30.6. The van der Waals surface area contributed by atoms with E-state index in [-0.39, 0.29) is 16.7 Å². The summed E-state index contributed by atoms with van der Waals surface area (Å²) in [5.74, 6) is 1.03. The summed E-state index contributed by atoms with van der Waals surface area (Å²) >= 11 is 1.85. The molecule has 1 saturated carbocycles. The number of fused-ring (bicyclic) bond motifs is 10. The van der Waals surface area contributed by atoms with Crippen molar-refractivity contribution in [1.29, 1.82) is 0 Å². The van der Waals surface area contributed by atoms with Crippen LogP contribution in [0.1, 0.15) is 86.2 Å². The highest BCUT2D eigenvalue weighted by molar-refractivity contribution is 7.25. The highest BCUT2D eigenvalue weighted by Crippen LogP contribution is 2.61. The summed E-state index contributed by atoms with van der Waals surface area (Å²) in [5, 5.41) is 1.23. The minimum absolute atomic E-state index is 0.00557. The monoisotopic (exact) mass is 612 g/mol. The van der Waals surface area contributed by atoms with Crippen molar-refractivity contribution >= 4 is 37.2 Å². The van der Waals surface area contributed by atoms with Crippen LogP contribution in [0.3, 0.4) is 0 Å². The molecule has 3 heteroatoms. The molecule has 0 radical (unpaired) electrons. The first-order valence-corrected chi connectivity index (χ1v) is 17.8. The first kappa shape index (κ1) is 26.8. The molecule has 1 fully saturated rings. The van der Waals surface area contributed by atoms with Crippen LogP contribution < -0.4 is 0 Å². The van der Waals surface area contributed by atoms with E-state index >= 15 is 0 Å². The number of thiophene rings is 1. The van der Waals surface area contributed by atoms with Crippen LogP contribution in [0, 0.1) is 0 Å². The van der Waals surface area contributed by atoms with Crippen molar-refractivity contribution in [3.05, 3.63) is 137 Å². The lowest BCUT2D eigenvalue weighted by Gasteiger charge is -2.38. The first-order chi connectivity index (χ1) is 22.5. The van der Waals surface area contributed by atoms with E-state index in [9.17, 15) is 0 Å². The van der Waals surface area contributed by atoms with Crippen molar-refractivity contribution in [1.82, 2.24) is 9.97 Å². The Hall–Kier alpha value is -4.34. The molecule has 2 aromatic heterocycles. The standard InChI is InChI=1S/C43H36N2S/c1-42(2)33-17-9-7-15-28(33)31-25-36-32(24-35(31)42)30-23-27(19-20-34(30)43(36)21-11-4-12-22-43)38-40-39(29-16-8-10-18-37(29)46-40)45-41(44-38)26-13-5-3-6-14-26/h3,5-10,13-20,24-25,27H,4,11-12,21-23H2,1-2H3. The quantitative estimate of drug-likeness (QED) is 0.194. The van der Waals surface area contributed by atoms with Gasteiger partial charge < -0.3 is 0 Å². The molecule has 1 unspecified atom stereocenters. The van der Waals surface area contributed by atoms with Gasteiger partial charge in [-0.1, -0.05) is 118 Å². The van der Waals surface area contributed by atoms with Gasteiger partial charge in [0.2, 0.25) is 0 Å². The lowest BCUT2D eigenvalue weighted by Crippen LogP contribution is -2.29. The Morgan fingerprint density at radius 1 is 0.717 bits per heavy atom. The molecule has 1 atom stereocenters. The molecule has 6 aromatic rings. The maximum absolute atomic E-state index is 5.40. The lowest BCUT2D eigenvalue weighted by molar-refractivity contribution is 0.349. The number of hydrogen-bond donors (Lipinski definition) is 0. The molecule has 0 saturated heterocycles. The van der Waals surface area contributed by atoms with E-state index in [2.05, 4.69) is 117 Å². The Bertz CT molecular complexity index is 2300. The third kappa shape index (κ3) is 3.58. The van der Waals surface area contributed by atoms with Crippen molar-refractivity contribution < 1.29 is 0 Å². The van der Waals surface area contributed by atoms with E-state index < -0.39 is 0 Å². The SMILES string of the molecule is CC1(C)c2ccccc2-c2cc3c(cc21)C1=C(C=CC(c2nc(-c4ccccc4)nc4c2sc2ccccc24)C1)C31CCCCC1. The molecular formula is C43H36N2S. The summed E-state index contributed by atoms with van der Waals surface area (Å²) in [7, 11) is 0. The van der Waals surface area contributed by atoms with Crippen LogP contribution in [-0.4, -0.2) is 9.97 Å². The number of hydrogen-bond acceptors (Lipinski definition) is 3. The average molecular weight is 613 g/mol. The second-order valence-corrected chi connectivity index (χ2v) is 15.4. The Morgan fingerprint density at radius 3 is 2.35 bits per heavy atom. The van der Waals surface area contributed by atoms with Crippen molar-refractivity contribution in [2.45, 2.75) is 69.1 Å². The number of aromatic nitrogens is 2. The van der Waals surface area contributed by atoms with Gasteiger partial charge in [0.15, 0.2) is 5.82 Å². The Balaban J connectivity index is 1.16. The average Bonchev–Trinajstić information content (AvgIpc) is 3.68. The molecule has 0 N–H and O–H groups in total. The Labute approximate surface area is 274 Å². The topological polar surface area (TPSA) is 25.8 Å². The zero-order valence-corrected chi connectivity index (χ0v) is 27.3. The molecular weight excluding hydrogens is 577 g/mol. The van der Waals surface area contributed by atoms with Crippen molar-refractivity contribution in [3.63, 3.8) is 0 Å². The number of nitrogens with zero attached hydrogens (tertiary/aromatic N) is 2. The molecule has 4 aliphatic carbocycles. The van der Waals surface area contributed by atoms with Gasteiger partial charge in [0.25, 0.3) is 0 Å². The maximum Gasteiger partial charge on any atom is 0.160 e. The van der Waals surface area contributed by atoms with Crippen LogP contribution in [0.25, 0.3) is 48.4 Å². The van der Waals surface area contributed by atoms with Crippen LogP contribution in [0.4, 0.5) is 0 Å². The highest BCUT2D eigenvalue weighted by atomic mass is 32.1.